The molecule has 15 heavy (non-hydrogen) atoms. The number of carbonyl (C=O) groups is 2. The summed E-state index contributed by atoms with van der Waals surface area (Å²) in [5, 5.41) is 17.7. The highest BCUT2D eigenvalue weighted by atomic mass is 16.5. The lowest BCUT2D eigenvalue weighted by atomic mass is 10.1. The largest absolute Gasteiger partial charge is 0.481 e. The Morgan fingerprint density at radius 1 is 1.33 bits per heavy atom. The van der Waals surface area contributed by atoms with Gasteiger partial charge in [0, 0.05) is 6.42 Å². The highest BCUT2D eigenvalue weighted by molar-refractivity contribution is 5.94. The van der Waals surface area contributed by atoms with E-state index in [4.69, 9.17) is 9.84 Å². The second-order valence-corrected chi connectivity index (χ2v) is 4.39. The molecule has 0 saturated heterocycles. The molecule has 0 aliphatic rings. The topological polar surface area (TPSA) is 83.8 Å². The number of carboxylic acids is 1. The van der Waals surface area contributed by atoms with E-state index in [2.05, 4.69) is 0 Å². The predicted octanol–water partition coefficient (Wildman–Crippen LogP) is 0.596. The second-order valence-electron chi connectivity index (χ2n) is 4.39. The van der Waals surface area contributed by atoms with Crippen molar-refractivity contribution in [3.05, 3.63) is 0 Å². The molecule has 1 atom stereocenters. The Morgan fingerprint density at radius 3 is 2.27 bits per heavy atom. The number of ether oxygens (including phenoxy) is 1. The standard InChI is InChI=1S/C10H18O5/c1-10(2,3)15-6-8(12)4-7(11)5-9(13)14/h8,12H,4-6H2,1-3H3,(H,13,14)/t8-/m0/s1. The number of hydrogen-bond acceptors (Lipinski definition) is 4. The van der Waals surface area contributed by atoms with Gasteiger partial charge in [-0.3, -0.25) is 9.59 Å². The van der Waals surface area contributed by atoms with Crippen LogP contribution in [0.4, 0.5) is 0 Å². The molecule has 5 heteroatoms. The monoisotopic (exact) mass is 218 g/mol. The number of carbonyl (C=O) groups excluding carboxylic acids is 1. The zero-order valence-electron chi connectivity index (χ0n) is 9.32. The number of aliphatic hydroxyl groups is 1. The Bertz CT molecular complexity index is 228. The van der Waals surface area contributed by atoms with Crippen molar-refractivity contribution >= 4 is 11.8 Å². The zero-order chi connectivity index (χ0) is 12.1. The third-order valence-corrected chi connectivity index (χ3v) is 1.52. The fraction of sp³-hybridized carbons (Fsp3) is 0.800. The number of hydrogen-bond donors (Lipinski definition) is 2. The van der Waals surface area contributed by atoms with Crippen molar-refractivity contribution in [1.82, 2.24) is 0 Å². The predicted molar refractivity (Wildman–Crippen MR) is 53.6 cm³/mol. The Kier molecular flexibility index (Phi) is 5.46. The molecule has 0 aliphatic heterocycles. The van der Waals surface area contributed by atoms with Crippen LogP contribution >= 0.6 is 0 Å². The highest BCUT2D eigenvalue weighted by Crippen LogP contribution is 2.08. The van der Waals surface area contributed by atoms with Crippen LogP contribution in [0.5, 0.6) is 0 Å². The first-order chi connectivity index (χ1) is 6.70. The van der Waals surface area contributed by atoms with E-state index in [-0.39, 0.29) is 18.6 Å². The fourth-order valence-corrected chi connectivity index (χ4v) is 0.909. The van der Waals surface area contributed by atoms with Crippen LogP contribution in [0, 0.1) is 0 Å². The molecular formula is C10H18O5. The van der Waals surface area contributed by atoms with Crippen LogP contribution in [-0.4, -0.2) is 40.3 Å². The van der Waals surface area contributed by atoms with Crippen LogP contribution in [0.3, 0.4) is 0 Å². The number of ketones is 1. The Hall–Kier alpha value is -0.940. The van der Waals surface area contributed by atoms with Crippen LogP contribution in [0.25, 0.3) is 0 Å². The van der Waals surface area contributed by atoms with E-state index in [1.807, 2.05) is 20.8 Å². The molecule has 0 radical (unpaired) electrons. The van der Waals surface area contributed by atoms with E-state index in [0.717, 1.165) is 0 Å². The molecule has 2 N–H and O–H groups in total. The molecule has 88 valence electrons. The van der Waals surface area contributed by atoms with Crippen LogP contribution in [0.2, 0.25) is 0 Å². The molecule has 5 nitrogen and oxygen atoms in total. The van der Waals surface area contributed by atoms with Gasteiger partial charge in [-0.1, -0.05) is 0 Å². The first-order valence-electron chi connectivity index (χ1n) is 4.76. The fourth-order valence-electron chi connectivity index (χ4n) is 0.909. The van der Waals surface area contributed by atoms with Gasteiger partial charge in [0.25, 0.3) is 0 Å². The minimum absolute atomic E-state index is 0.0366. The molecule has 0 saturated carbocycles. The zero-order valence-corrected chi connectivity index (χ0v) is 9.32. The summed E-state index contributed by atoms with van der Waals surface area (Å²) in [5.74, 6) is -1.67. The molecule has 0 amide bonds. The number of carboxylic acid groups (broad SMARTS) is 1. The molecule has 0 bridgehead atoms. The Balaban J connectivity index is 3.79. The molecule has 0 fully saturated rings. The number of Topliss-reactive ketones (excluding diaryl/α,β-unsaturated/α-hetero) is 1. The van der Waals surface area contributed by atoms with E-state index in [9.17, 15) is 14.7 Å². The van der Waals surface area contributed by atoms with Crippen molar-refractivity contribution in [2.45, 2.75) is 45.3 Å². The molecule has 0 aromatic heterocycles. The summed E-state index contributed by atoms with van der Waals surface area (Å²) >= 11 is 0. The molecule has 0 aromatic rings. The number of aliphatic carboxylic acids is 1. The van der Waals surface area contributed by atoms with Gasteiger partial charge in [-0.2, -0.15) is 0 Å². The Labute approximate surface area is 89.0 Å². The minimum atomic E-state index is -1.18. The lowest BCUT2D eigenvalue weighted by Crippen LogP contribution is -2.28. The lowest BCUT2D eigenvalue weighted by molar-refractivity contribution is -0.141. The summed E-state index contributed by atoms with van der Waals surface area (Å²) < 4.78 is 5.25. The van der Waals surface area contributed by atoms with E-state index < -0.39 is 24.3 Å². The summed E-state index contributed by atoms with van der Waals surface area (Å²) in [4.78, 5) is 21.2. The quantitative estimate of drug-likeness (QED) is 0.638. The smallest absolute Gasteiger partial charge is 0.310 e. The molecule has 0 spiro atoms. The normalized spacial score (nSPS) is 13.6. The van der Waals surface area contributed by atoms with Gasteiger partial charge < -0.3 is 14.9 Å². The minimum Gasteiger partial charge on any atom is -0.481 e. The van der Waals surface area contributed by atoms with Gasteiger partial charge in [0.15, 0.2) is 0 Å². The van der Waals surface area contributed by atoms with Crippen molar-refractivity contribution < 1.29 is 24.5 Å². The first-order valence-corrected chi connectivity index (χ1v) is 4.76. The maximum atomic E-state index is 11.0. The van der Waals surface area contributed by atoms with Gasteiger partial charge in [0.1, 0.15) is 12.2 Å². The number of rotatable bonds is 6. The molecule has 0 aromatic carbocycles. The summed E-state index contributed by atoms with van der Waals surface area (Å²) in [5.41, 5.74) is -0.378. The molecule has 0 rings (SSSR count). The third-order valence-electron chi connectivity index (χ3n) is 1.52. The second kappa shape index (κ2) is 5.82. The van der Waals surface area contributed by atoms with E-state index >= 15 is 0 Å². The summed E-state index contributed by atoms with van der Waals surface area (Å²) in [6.45, 7) is 5.53. The van der Waals surface area contributed by atoms with Gasteiger partial charge in [-0.25, -0.2) is 0 Å². The average Bonchev–Trinajstić information content (AvgIpc) is 1.97. The van der Waals surface area contributed by atoms with Crippen molar-refractivity contribution in [2.24, 2.45) is 0 Å². The van der Waals surface area contributed by atoms with Gasteiger partial charge in [0.05, 0.1) is 18.3 Å². The third kappa shape index (κ3) is 9.37. The SMILES string of the molecule is CC(C)(C)OC[C@@H](O)CC(=O)CC(=O)O. The first kappa shape index (κ1) is 14.1. The van der Waals surface area contributed by atoms with Crippen molar-refractivity contribution in [3.63, 3.8) is 0 Å². The van der Waals surface area contributed by atoms with Gasteiger partial charge >= 0.3 is 5.97 Å². The molecular weight excluding hydrogens is 200 g/mol. The van der Waals surface area contributed by atoms with E-state index in [0.29, 0.717) is 0 Å². The molecule has 0 unspecified atom stereocenters. The molecule has 0 heterocycles. The summed E-state index contributed by atoms with van der Waals surface area (Å²) in [6, 6.07) is 0. The molecule has 0 aliphatic carbocycles. The van der Waals surface area contributed by atoms with Crippen molar-refractivity contribution in [3.8, 4) is 0 Å². The van der Waals surface area contributed by atoms with Crippen LogP contribution < -0.4 is 0 Å². The van der Waals surface area contributed by atoms with Gasteiger partial charge in [-0.15, -0.1) is 0 Å². The lowest BCUT2D eigenvalue weighted by Gasteiger charge is -2.21. The van der Waals surface area contributed by atoms with Crippen LogP contribution in [0.15, 0.2) is 0 Å². The van der Waals surface area contributed by atoms with Gasteiger partial charge in [0.2, 0.25) is 0 Å². The number of aliphatic hydroxyl groups excluding tert-OH is 1. The van der Waals surface area contributed by atoms with E-state index in [1.54, 1.807) is 0 Å². The van der Waals surface area contributed by atoms with Crippen molar-refractivity contribution in [2.75, 3.05) is 6.61 Å². The maximum Gasteiger partial charge on any atom is 0.310 e. The van der Waals surface area contributed by atoms with Crippen LogP contribution in [0.1, 0.15) is 33.6 Å². The summed E-state index contributed by atoms with van der Waals surface area (Å²) in [6.07, 6.45) is -1.66. The highest BCUT2D eigenvalue weighted by Gasteiger charge is 2.17. The maximum absolute atomic E-state index is 11.0. The van der Waals surface area contributed by atoms with E-state index in [1.165, 1.54) is 0 Å². The van der Waals surface area contributed by atoms with Crippen molar-refractivity contribution in [1.29, 1.82) is 0 Å². The van der Waals surface area contributed by atoms with Gasteiger partial charge in [-0.05, 0) is 20.8 Å². The summed E-state index contributed by atoms with van der Waals surface area (Å²) in [7, 11) is 0. The Morgan fingerprint density at radius 2 is 1.87 bits per heavy atom. The van der Waals surface area contributed by atoms with Crippen LogP contribution in [-0.2, 0) is 14.3 Å². The average molecular weight is 218 g/mol.